The molecule has 0 saturated heterocycles. The molecule has 0 bridgehead atoms. The summed E-state index contributed by atoms with van der Waals surface area (Å²) in [7, 11) is -1.98. The zero-order chi connectivity index (χ0) is 18.2. The van der Waals surface area contributed by atoms with E-state index >= 15 is 0 Å². The minimum absolute atomic E-state index is 0.787. The standard InChI is InChI=1S/C22H40O2Si/c1-4-7-8-9-10-11-12-16-20-23-25(5-2,6-3)24-21-19-22-17-14-13-15-18-22/h13-15,17-18H,4-12,16,19-21H2,1-3H3. The molecule has 0 atom stereocenters. The Labute approximate surface area is 157 Å². The van der Waals surface area contributed by atoms with Gasteiger partial charge in [0.15, 0.2) is 0 Å². The molecule has 1 aromatic rings. The van der Waals surface area contributed by atoms with Gasteiger partial charge in [-0.25, -0.2) is 0 Å². The van der Waals surface area contributed by atoms with Gasteiger partial charge < -0.3 is 8.85 Å². The van der Waals surface area contributed by atoms with Crippen molar-refractivity contribution < 1.29 is 8.85 Å². The van der Waals surface area contributed by atoms with E-state index in [1.165, 1.54) is 56.9 Å². The first kappa shape index (κ1) is 22.4. The smallest absolute Gasteiger partial charge is 0.337 e. The number of unbranched alkanes of at least 4 members (excludes halogenated alkanes) is 7. The maximum atomic E-state index is 6.33. The number of rotatable bonds is 16. The van der Waals surface area contributed by atoms with Crippen molar-refractivity contribution in [2.45, 2.75) is 90.6 Å². The van der Waals surface area contributed by atoms with Crippen LogP contribution in [-0.4, -0.2) is 21.8 Å². The minimum atomic E-state index is -1.98. The van der Waals surface area contributed by atoms with Crippen molar-refractivity contribution in [2.24, 2.45) is 0 Å². The first-order valence-electron chi connectivity index (χ1n) is 10.6. The van der Waals surface area contributed by atoms with Gasteiger partial charge in [0.25, 0.3) is 0 Å². The molecule has 0 radical (unpaired) electrons. The lowest BCUT2D eigenvalue weighted by atomic mass is 10.1. The van der Waals surface area contributed by atoms with Gasteiger partial charge in [-0.3, -0.25) is 0 Å². The maximum Gasteiger partial charge on any atom is 0.337 e. The summed E-state index contributed by atoms with van der Waals surface area (Å²) in [5, 5.41) is 0. The lowest BCUT2D eigenvalue weighted by Gasteiger charge is -2.29. The first-order chi connectivity index (χ1) is 12.3. The van der Waals surface area contributed by atoms with E-state index in [0.29, 0.717) is 0 Å². The Morgan fingerprint density at radius 2 is 1.24 bits per heavy atom. The molecular weight excluding hydrogens is 324 g/mol. The topological polar surface area (TPSA) is 18.5 Å². The number of benzene rings is 1. The molecule has 0 unspecified atom stereocenters. The third kappa shape index (κ3) is 10.2. The van der Waals surface area contributed by atoms with Crippen molar-refractivity contribution in [2.75, 3.05) is 13.2 Å². The third-order valence-electron chi connectivity index (χ3n) is 5.04. The van der Waals surface area contributed by atoms with Crippen molar-refractivity contribution in [1.29, 1.82) is 0 Å². The summed E-state index contributed by atoms with van der Waals surface area (Å²) in [5.41, 5.74) is 1.35. The van der Waals surface area contributed by atoms with E-state index in [-0.39, 0.29) is 0 Å². The molecule has 144 valence electrons. The molecule has 0 heterocycles. The van der Waals surface area contributed by atoms with E-state index in [1.54, 1.807) is 0 Å². The molecule has 3 heteroatoms. The van der Waals surface area contributed by atoms with Gasteiger partial charge in [-0.05, 0) is 30.5 Å². The highest BCUT2D eigenvalue weighted by molar-refractivity contribution is 6.67. The molecule has 2 nitrogen and oxygen atoms in total. The summed E-state index contributed by atoms with van der Waals surface area (Å²) >= 11 is 0. The van der Waals surface area contributed by atoms with Gasteiger partial charge in [0.2, 0.25) is 0 Å². The van der Waals surface area contributed by atoms with Crippen molar-refractivity contribution in [3.8, 4) is 0 Å². The molecule has 1 aromatic carbocycles. The van der Waals surface area contributed by atoms with E-state index < -0.39 is 8.56 Å². The normalized spacial score (nSPS) is 11.8. The summed E-state index contributed by atoms with van der Waals surface area (Å²) in [5.74, 6) is 0. The predicted molar refractivity (Wildman–Crippen MR) is 111 cm³/mol. The molecule has 0 N–H and O–H groups in total. The van der Waals surface area contributed by atoms with Crippen LogP contribution in [-0.2, 0) is 15.3 Å². The van der Waals surface area contributed by atoms with E-state index in [1.807, 2.05) is 0 Å². The SMILES string of the molecule is CCCCCCCCCCO[Si](CC)(CC)OCCc1ccccc1. The van der Waals surface area contributed by atoms with Gasteiger partial charge >= 0.3 is 8.56 Å². The van der Waals surface area contributed by atoms with Crippen molar-refractivity contribution >= 4 is 8.56 Å². The summed E-state index contributed by atoms with van der Waals surface area (Å²) in [6, 6.07) is 12.7. The lowest BCUT2D eigenvalue weighted by Crippen LogP contribution is -2.41. The highest BCUT2D eigenvalue weighted by atomic mass is 28.4. The summed E-state index contributed by atoms with van der Waals surface area (Å²) in [4.78, 5) is 0. The Kier molecular flexibility index (Phi) is 13.0. The highest BCUT2D eigenvalue weighted by Crippen LogP contribution is 2.20. The third-order valence-corrected chi connectivity index (χ3v) is 8.65. The second kappa shape index (κ2) is 14.5. The van der Waals surface area contributed by atoms with Gasteiger partial charge in [-0.15, -0.1) is 0 Å². The second-order valence-electron chi connectivity index (χ2n) is 7.03. The van der Waals surface area contributed by atoms with Crippen molar-refractivity contribution in [1.82, 2.24) is 0 Å². The fourth-order valence-electron chi connectivity index (χ4n) is 3.19. The maximum absolute atomic E-state index is 6.33. The molecule has 25 heavy (non-hydrogen) atoms. The van der Waals surface area contributed by atoms with E-state index in [0.717, 1.165) is 31.7 Å². The van der Waals surface area contributed by atoms with Crippen LogP contribution in [0.5, 0.6) is 0 Å². The predicted octanol–water partition coefficient (Wildman–Crippen LogP) is 6.89. The van der Waals surface area contributed by atoms with E-state index in [9.17, 15) is 0 Å². The number of hydrogen-bond acceptors (Lipinski definition) is 2. The molecule has 0 amide bonds. The van der Waals surface area contributed by atoms with Crippen LogP contribution in [0.15, 0.2) is 30.3 Å². The molecule has 0 aliphatic rings. The van der Waals surface area contributed by atoms with E-state index in [4.69, 9.17) is 8.85 Å². The molecule has 1 rings (SSSR count). The highest BCUT2D eigenvalue weighted by Gasteiger charge is 2.33. The van der Waals surface area contributed by atoms with Crippen LogP contribution in [0.25, 0.3) is 0 Å². The fourth-order valence-corrected chi connectivity index (χ4v) is 5.58. The Morgan fingerprint density at radius 1 is 0.680 bits per heavy atom. The zero-order valence-electron chi connectivity index (χ0n) is 16.9. The lowest BCUT2D eigenvalue weighted by molar-refractivity contribution is 0.167. The Bertz CT molecular complexity index is 404. The Hall–Kier alpha value is -0.643. The first-order valence-corrected chi connectivity index (χ1v) is 12.8. The van der Waals surface area contributed by atoms with Gasteiger partial charge in [0.1, 0.15) is 0 Å². The molecule has 0 aliphatic carbocycles. The van der Waals surface area contributed by atoms with Crippen LogP contribution in [0.1, 0.15) is 77.7 Å². The Balaban J connectivity index is 2.16. The molecule has 0 spiro atoms. The largest absolute Gasteiger partial charge is 0.394 e. The van der Waals surface area contributed by atoms with Crippen LogP contribution >= 0.6 is 0 Å². The average molecular weight is 365 g/mol. The molecule has 0 saturated carbocycles. The van der Waals surface area contributed by atoms with Gasteiger partial charge in [0, 0.05) is 13.2 Å². The quantitative estimate of drug-likeness (QED) is 0.235. The molecule has 0 aromatic heterocycles. The minimum Gasteiger partial charge on any atom is -0.394 e. The summed E-state index contributed by atoms with van der Waals surface area (Å²) in [6.07, 6.45) is 11.7. The summed E-state index contributed by atoms with van der Waals surface area (Å²) < 4.78 is 12.6. The number of hydrogen-bond donors (Lipinski definition) is 0. The average Bonchev–Trinajstić information content (AvgIpc) is 2.66. The van der Waals surface area contributed by atoms with Crippen LogP contribution < -0.4 is 0 Å². The van der Waals surface area contributed by atoms with Crippen LogP contribution in [0.4, 0.5) is 0 Å². The monoisotopic (exact) mass is 364 g/mol. The van der Waals surface area contributed by atoms with Gasteiger partial charge in [-0.1, -0.05) is 96.0 Å². The molecular formula is C22H40O2Si. The van der Waals surface area contributed by atoms with Crippen molar-refractivity contribution in [3.05, 3.63) is 35.9 Å². The second-order valence-corrected chi connectivity index (χ2v) is 10.8. The van der Waals surface area contributed by atoms with Gasteiger partial charge in [-0.2, -0.15) is 0 Å². The Morgan fingerprint density at radius 3 is 1.84 bits per heavy atom. The van der Waals surface area contributed by atoms with Crippen LogP contribution in [0.3, 0.4) is 0 Å². The fraction of sp³-hybridized carbons (Fsp3) is 0.727. The van der Waals surface area contributed by atoms with Gasteiger partial charge in [0.05, 0.1) is 0 Å². The summed E-state index contributed by atoms with van der Waals surface area (Å²) in [6.45, 7) is 8.40. The zero-order valence-corrected chi connectivity index (χ0v) is 17.9. The molecule has 0 fully saturated rings. The van der Waals surface area contributed by atoms with Crippen molar-refractivity contribution in [3.63, 3.8) is 0 Å². The van der Waals surface area contributed by atoms with E-state index in [2.05, 4.69) is 51.1 Å². The molecule has 0 aliphatic heterocycles. The van der Waals surface area contributed by atoms with Crippen LogP contribution in [0, 0.1) is 0 Å². The van der Waals surface area contributed by atoms with Crippen LogP contribution in [0.2, 0.25) is 12.1 Å².